The predicted molar refractivity (Wildman–Crippen MR) is 88.3 cm³/mol. The molecule has 1 aromatic heterocycles. The summed E-state index contributed by atoms with van der Waals surface area (Å²) in [4.78, 5) is 19.7. The van der Waals surface area contributed by atoms with Crippen LogP contribution in [0.2, 0.25) is 0 Å². The van der Waals surface area contributed by atoms with Gasteiger partial charge in [0.25, 0.3) is 0 Å². The summed E-state index contributed by atoms with van der Waals surface area (Å²) < 4.78 is 0. The Kier molecular flexibility index (Phi) is 4.91. The van der Waals surface area contributed by atoms with Crippen molar-refractivity contribution in [1.82, 2.24) is 9.97 Å². The average molecular weight is 316 g/mol. The lowest BCUT2D eigenvalue weighted by atomic mass is 10.2. The molecule has 0 spiro atoms. The van der Waals surface area contributed by atoms with Crippen LogP contribution in [0, 0.1) is 0 Å². The highest BCUT2D eigenvalue weighted by atomic mass is 35.5. The summed E-state index contributed by atoms with van der Waals surface area (Å²) in [5, 5.41) is 12.5. The fraction of sp³-hybridized carbons (Fsp3) is 0.0625. The van der Waals surface area contributed by atoms with Gasteiger partial charge in [-0.1, -0.05) is 42.5 Å². The molecule has 0 amide bonds. The van der Waals surface area contributed by atoms with Gasteiger partial charge < -0.3 is 10.4 Å². The van der Waals surface area contributed by atoms with Crippen molar-refractivity contribution in [1.29, 1.82) is 0 Å². The Bertz CT molecular complexity index is 794. The number of halogens is 1. The first-order valence-corrected chi connectivity index (χ1v) is 6.52. The van der Waals surface area contributed by atoms with E-state index in [1.54, 1.807) is 0 Å². The van der Waals surface area contributed by atoms with E-state index in [4.69, 9.17) is 5.11 Å². The van der Waals surface area contributed by atoms with E-state index in [1.165, 1.54) is 0 Å². The second kappa shape index (κ2) is 6.87. The van der Waals surface area contributed by atoms with E-state index in [0.29, 0.717) is 11.6 Å². The van der Waals surface area contributed by atoms with Crippen LogP contribution in [0.5, 0.6) is 0 Å². The molecule has 1 heterocycles. The van der Waals surface area contributed by atoms with Crippen molar-refractivity contribution in [2.75, 3.05) is 11.9 Å². The highest BCUT2D eigenvalue weighted by Crippen LogP contribution is 2.24. The van der Waals surface area contributed by atoms with Gasteiger partial charge in [-0.2, -0.15) is 0 Å². The second-order valence-electron chi connectivity index (χ2n) is 4.53. The topological polar surface area (TPSA) is 75.1 Å². The standard InChI is InChI=1S/C16H13N3O2.ClH/c20-14(21)10-17-16-12-8-4-5-9-13(12)18-15(19-16)11-6-2-1-3-7-11;/h1-9H,10H2,(H,20,21)(H,17,18,19);1H. The molecule has 0 aliphatic heterocycles. The number of carboxylic acids is 1. The number of hydrogen-bond acceptors (Lipinski definition) is 4. The smallest absolute Gasteiger partial charge is 0.322 e. The number of nitrogens with zero attached hydrogens (tertiary/aromatic N) is 2. The first-order chi connectivity index (χ1) is 10.2. The summed E-state index contributed by atoms with van der Waals surface area (Å²) in [7, 11) is 0. The minimum absolute atomic E-state index is 0. The summed E-state index contributed by atoms with van der Waals surface area (Å²) in [5.41, 5.74) is 1.67. The molecule has 2 N–H and O–H groups in total. The lowest BCUT2D eigenvalue weighted by Crippen LogP contribution is -2.14. The number of fused-ring (bicyclic) bond motifs is 1. The van der Waals surface area contributed by atoms with E-state index < -0.39 is 5.97 Å². The zero-order valence-corrected chi connectivity index (χ0v) is 12.4. The lowest BCUT2D eigenvalue weighted by molar-refractivity contribution is -0.134. The molecule has 3 rings (SSSR count). The first kappa shape index (κ1) is 15.7. The molecule has 6 heteroatoms. The molecule has 0 aliphatic rings. The van der Waals surface area contributed by atoms with Gasteiger partial charge in [-0.15, -0.1) is 12.4 Å². The Morgan fingerprint density at radius 3 is 2.41 bits per heavy atom. The number of aliphatic carboxylic acids is 1. The van der Waals surface area contributed by atoms with E-state index in [1.807, 2.05) is 54.6 Å². The summed E-state index contributed by atoms with van der Waals surface area (Å²) in [6.45, 7) is -0.185. The first-order valence-electron chi connectivity index (χ1n) is 6.52. The van der Waals surface area contributed by atoms with Crippen molar-refractivity contribution in [2.24, 2.45) is 0 Å². The molecule has 0 saturated heterocycles. The van der Waals surface area contributed by atoms with Gasteiger partial charge in [-0.3, -0.25) is 4.79 Å². The normalized spacial score (nSPS) is 10.0. The minimum Gasteiger partial charge on any atom is -0.480 e. The van der Waals surface area contributed by atoms with E-state index in [2.05, 4.69) is 15.3 Å². The summed E-state index contributed by atoms with van der Waals surface area (Å²) >= 11 is 0. The third-order valence-corrected chi connectivity index (χ3v) is 3.04. The number of carbonyl (C=O) groups is 1. The largest absolute Gasteiger partial charge is 0.480 e. The van der Waals surface area contributed by atoms with Crippen LogP contribution >= 0.6 is 12.4 Å². The van der Waals surface area contributed by atoms with Gasteiger partial charge in [-0.05, 0) is 12.1 Å². The number of carboxylic acid groups (broad SMARTS) is 1. The number of anilines is 1. The summed E-state index contributed by atoms with van der Waals surface area (Å²) in [6, 6.07) is 17.1. The fourth-order valence-electron chi connectivity index (χ4n) is 2.09. The molecule has 2 aromatic carbocycles. The number of aromatic nitrogens is 2. The van der Waals surface area contributed by atoms with E-state index in [-0.39, 0.29) is 19.0 Å². The Labute approximate surface area is 133 Å². The van der Waals surface area contributed by atoms with Gasteiger partial charge in [0.15, 0.2) is 5.82 Å². The van der Waals surface area contributed by atoms with Gasteiger partial charge in [0.05, 0.1) is 5.52 Å². The predicted octanol–water partition coefficient (Wildman–Crippen LogP) is 3.22. The maximum absolute atomic E-state index is 10.8. The van der Waals surface area contributed by atoms with Crippen LogP contribution in [-0.4, -0.2) is 27.6 Å². The van der Waals surface area contributed by atoms with Crippen LogP contribution < -0.4 is 5.32 Å². The molecule has 5 nitrogen and oxygen atoms in total. The van der Waals surface area contributed by atoms with E-state index in [9.17, 15) is 4.79 Å². The van der Waals surface area contributed by atoms with Crippen molar-refractivity contribution >= 4 is 35.1 Å². The minimum atomic E-state index is -0.932. The van der Waals surface area contributed by atoms with Crippen molar-refractivity contribution in [3.8, 4) is 11.4 Å². The Balaban J connectivity index is 0.00000176. The second-order valence-corrected chi connectivity index (χ2v) is 4.53. The van der Waals surface area contributed by atoms with Crippen molar-refractivity contribution in [2.45, 2.75) is 0 Å². The number of hydrogen-bond donors (Lipinski definition) is 2. The zero-order chi connectivity index (χ0) is 14.7. The number of benzene rings is 2. The van der Waals surface area contributed by atoms with Gasteiger partial charge in [-0.25, -0.2) is 9.97 Å². The molecular weight excluding hydrogens is 302 g/mol. The molecule has 112 valence electrons. The number of nitrogens with one attached hydrogen (secondary N) is 1. The summed E-state index contributed by atoms with van der Waals surface area (Å²) in [6.07, 6.45) is 0. The molecule has 0 radical (unpaired) electrons. The van der Waals surface area contributed by atoms with Crippen LogP contribution in [0.4, 0.5) is 5.82 Å². The van der Waals surface area contributed by atoms with Gasteiger partial charge >= 0.3 is 5.97 Å². The van der Waals surface area contributed by atoms with E-state index in [0.717, 1.165) is 16.5 Å². The van der Waals surface area contributed by atoms with Crippen LogP contribution in [0.25, 0.3) is 22.3 Å². The lowest BCUT2D eigenvalue weighted by Gasteiger charge is -2.09. The number of rotatable bonds is 4. The molecule has 0 unspecified atom stereocenters. The average Bonchev–Trinajstić information content (AvgIpc) is 2.53. The highest BCUT2D eigenvalue weighted by molar-refractivity contribution is 5.91. The third-order valence-electron chi connectivity index (χ3n) is 3.04. The Morgan fingerprint density at radius 1 is 1.00 bits per heavy atom. The Hall–Kier alpha value is -2.66. The SMILES string of the molecule is Cl.O=C(O)CNc1nc(-c2ccccc2)nc2ccccc12. The van der Waals surface area contributed by atoms with Crippen LogP contribution in [0.15, 0.2) is 54.6 Å². The zero-order valence-electron chi connectivity index (χ0n) is 11.6. The molecule has 3 aromatic rings. The maximum atomic E-state index is 10.8. The summed E-state index contributed by atoms with van der Waals surface area (Å²) in [5.74, 6) is 0.169. The maximum Gasteiger partial charge on any atom is 0.322 e. The van der Waals surface area contributed by atoms with Gasteiger partial charge in [0, 0.05) is 10.9 Å². The monoisotopic (exact) mass is 315 g/mol. The molecule has 0 fully saturated rings. The fourth-order valence-corrected chi connectivity index (χ4v) is 2.09. The van der Waals surface area contributed by atoms with Crippen molar-refractivity contribution in [3.63, 3.8) is 0 Å². The molecule has 0 aliphatic carbocycles. The molecular formula is C16H14ClN3O2. The molecule has 0 bridgehead atoms. The van der Waals surface area contributed by atoms with Crippen LogP contribution in [0.1, 0.15) is 0 Å². The van der Waals surface area contributed by atoms with Gasteiger partial charge in [0.2, 0.25) is 0 Å². The number of para-hydroxylation sites is 1. The van der Waals surface area contributed by atoms with Gasteiger partial charge in [0.1, 0.15) is 12.4 Å². The quantitative estimate of drug-likeness (QED) is 0.773. The Morgan fingerprint density at radius 2 is 1.68 bits per heavy atom. The van der Waals surface area contributed by atoms with Crippen LogP contribution in [-0.2, 0) is 4.79 Å². The third kappa shape index (κ3) is 3.32. The van der Waals surface area contributed by atoms with Crippen molar-refractivity contribution < 1.29 is 9.90 Å². The molecule has 0 saturated carbocycles. The molecule has 0 atom stereocenters. The highest BCUT2D eigenvalue weighted by Gasteiger charge is 2.09. The van der Waals surface area contributed by atoms with Crippen LogP contribution in [0.3, 0.4) is 0 Å². The molecule has 22 heavy (non-hydrogen) atoms. The van der Waals surface area contributed by atoms with Crippen molar-refractivity contribution in [3.05, 3.63) is 54.6 Å². The van der Waals surface area contributed by atoms with E-state index >= 15 is 0 Å².